The Labute approximate surface area is 269 Å². The first-order valence-electron chi connectivity index (χ1n) is 15.6. The number of aliphatic hydroxyl groups excluding tert-OH is 2. The van der Waals surface area contributed by atoms with Crippen LogP contribution in [-0.4, -0.2) is 92.2 Å². The van der Waals surface area contributed by atoms with Gasteiger partial charge in [0.05, 0.1) is 23.4 Å². The molecule has 1 saturated heterocycles. The molecule has 0 aromatic heterocycles. The lowest BCUT2D eigenvalue weighted by molar-refractivity contribution is -0.201. The quantitative estimate of drug-likeness (QED) is 0.264. The normalized spacial score (nSPS) is 26.7. The molecule has 4 unspecified atom stereocenters. The summed E-state index contributed by atoms with van der Waals surface area (Å²) in [6, 6.07) is 9.61. The third-order valence-electron chi connectivity index (χ3n) is 10.4. The zero-order valence-corrected chi connectivity index (χ0v) is 26.0. The summed E-state index contributed by atoms with van der Waals surface area (Å²) in [5, 5.41) is 55.8. The first-order valence-corrected chi connectivity index (χ1v) is 15.6. The van der Waals surface area contributed by atoms with Crippen molar-refractivity contribution < 1.29 is 48.3 Å². The number of nitrogens with zero attached hydrogens (tertiary/aromatic N) is 2. The maximum Gasteiger partial charge on any atom is 0.391 e. The Hall–Kier alpha value is -3.91. The van der Waals surface area contributed by atoms with E-state index in [1.807, 2.05) is 29.2 Å². The van der Waals surface area contributed by atoms with Gasteiger partial charge in [0.25, 0.3) is 5.91 Å². The van der Waals surface area contributed by atoms with Crippen molar-refractivity contribution in [1.82, 2.24) is 9.80 Å². The summed E-state index contributed by atoms with van der Waals surface area (Å²) in [5.41, 5.74) is 7.24. The molecule has 10 nitrogen and oxygen atoms in total. The molecule has 2 aromatic rings. The van der Waals surface area contributed by atoms with Gasteiger partial charge in [-0.25, -0.2) is 0 Å². The highest BCUT2D eigenvalue weighted by Gasteiger charge is 2.60. The Bertz CT molecular complexity index is 1690. The fraction of sp³-hybridized carbons (Fsp3) is 0.471. The van der Waals surface area contributed by atoms with Gasteiger partial charge in [-0.1, -0.05) is 24.3 Å². The maximum atomic E-state index is 14.1. The van der Waals surface area contributed by atoms with Crippen molar-refractivity contribution in [2.45, 2.75) is 50.2 Å². The van der Waals surface area contributed by atoms with E-state index in [9.17, 15) is 48.3 Å². The van der Waals surface area contributed by atoms with E-state index >= 15 is 0 Å². The number of benzene rings is 2. The van der Waals surface area contributed by atoms with Crippen LogP contribution in [0.1, 0.15) is 40.7 Å². The lowest BCUT2D eigenvalue weighted by atomic mass is 9.59. The Morgan fingerprint density at radius 2 is 1.74 bits per heavy atom. The number of primary amides is 1. The van der Waals surface area contributed by atoms with E-state index in [4.69, 9.17) is 5.73 Å². The molecule has 4 aliphatic rings. The number of aliphatic hydroxyl groups is 4. The molecule has 0 radical (unpaired) electrons. The van der Waals surface area contributed by atoms with Gasteiger partial charge in [-0.2, -0.15) is 13.2 Å². The van der Waals surface area contributed by atoms with E-state index < -0.39 is 70.5 Å². The Morgan fingerprint density at radius 1 is 1.06 bits per heavy atom. The lowest BCUT2D eigenvalue weighted by Gasteiger charge is -2.51. The molecule has 3 aliphatic carbocycles. The summed E-state index contributed by atoms with van der Waals surface area (Å²) in [6.07, 6.45) is -3.79. The van der Waals surface area contributed by atoms with E-state index in [-0.39, 0.29) is 42.6 Å². The van der Waals surface area contributed by atoms with Crippen LogP contribution in [0.15, 0.2) is 59.1 Å². The minimum atomic E-state index is -4.19. The number of phenols is 1. The van der Waals surface area contributed by atoms with Crippen molar-refractivity contribution in [2.75, 3.05) is 27.2 Å². The number of likely N-dealkylation sites (N-methyl/N-ethyl adjacent to an activating group) is 1. The highest BCUT2D eigenvalue weighted by Crippen LogP contribution is 2.54. The molecule has 1 heterocycles. The van der Waals surface area contributed by atoms with E-state index in [0.29, 0.717) is 30.8 Å². The molecule has 2 aromatic carbocycles. The largest absolute Gasteiger partial charge is 0.511 e. The average molecular weight is 658 g/mol. The number of Topliss-reactive ketones (excluding diaryl/α,β-unsaturated/α-hetero) is 1. The van der Waals surface area contributed by atoms with Gasteiger partial charge >= 0.3 is 6.18 Å². The summed E-state index contributed by atoms with van der Waals surface area (Å²) in [4.78, 5) is 29.9. The molecule has 1 amide bonds. The van der Waals surface area contributed by atoms with Gasteiger partial charge in [0.2, 0.25) is 5.79 Å². The zero-order valence-electron chi connectivity index (χ0n) is 26.0. The molecule has 13 heteroatoms. The number of hydrogen-bond acceptors (Lipinski definition) is 9. The van der Waals surface area contributed by atoms with Crippen LogP contribution < -0.4 is 5.73 Å². The van der Waals surface area contributed by atoms with Gasteiger partial charge < -0.3 is 31.3 Å². The summed E-state index contributed by atoms with van der Waals surface area (Å²) in [7, 11) is 3.25. The average Bonchev–Trinajstić information content (AvgIpc) is 2.96. The Morgan fingerprint density at radius 3 is 2.36 bits per heavy atom. The SMILES string of the molecule is CN(C)C1C(O)=C(C(N)=O)C(O)(O)C2C(O)=C3C(=O)c4c(O)ccc(-c5cccc(CN6CCC(C(F)(F)F)CC6)c5)c4CC3CC12. The molecular formula is C34H38F3N3O7. The van der Waals surface area contributed by atoms with E-state index in [2.05, 4.69) is 0 Å². The second kappa shape index (κ2) is 11.7. The van der Waals surface area contributed by atoms with Crippen molar-refractivity contribution in [2.24, 2.45) is 29.4 Å². The highest BCUT2D eigenvalue weighted by atomic mass is 19.4. The second-order valence-electron chi connectivity index (χ2n) is 13.4. The second-order valence-corrected chi connectivity index (χ2v) is 13.4. The number of piperidine rings is 1. The first-order chi connectivity index (χ1) is 22.0. The number of alkyl halides is 3. The van der Waals surface area contributed by atoms with Gasteiger partial charge in [-0.15, -0.1) is 0 Å². The molecule has 1 fully saturated rings. The summed E-state index contributed by atoms with van der Waals surface area (Å²) in [6.45, 7) is 1.09. The number of amides is 1. The number of hydrogen-bond donors (Lipinski definition) is 6. The molecule has 4 atom stereocenters. The Kier molecular flexibility index (Phi) is 8.18. The van der Waals surface area contributed by atoms with Gasteiger partial charge in [-0.3, -0.25) is 19.4 Å². The zero-order chi connectivity index (χ0) is 34.2. The highest BCUT2D eigenvalue weighted by molar-refractivity contribution is 6.14. The molecule has 1 aliphatic heterocycles. The minimum absolute atomic E-state index is 0.0339. The minimum Gasteiger partial charge on any atom is -0.511 e. The molecule has 6 rings (SSSR count). The molecule has 252 valence electrons. The van der Waals surface area contributed by atoms with Crippen molar-refractivity contribution in [3.05, 3.63) is 75.8 Å². The van der Waals surface area contributed by atoms with Crippen LogP contribution in [0.4, 0.5) is 13.2 Å². The number of phenolic OH excluding ortho intramolecular Hbond substituents is 1. The maximum absolute atomic E-state index is 14.1. The molecule has 0 spiro atoms. The standard InChI is InChI=1S/C34H38F3N3O7/c1-39(2)28-22-14-18-13-21-20(17-5-3-4-16(12-17)15-40-10-8-19(9-11-40)34(35,36)37)6-7-23(41)25(21)29(42)24(18)30(43)26(22)33(46,47)27(31(28)44)32(38)45/h3-7,12,18-19,22,26,28,41,43-44,46-47H,8-11,13-15H2,1-2H3,(H2,38,45). The number of aromatic hydroxyl groups is 1. The van der Waals surface area contributed by atoms with Crippen LogP contribution in [0.3, 0.4) is 0 Å². The fourth-order valence-electron chi connectivity index (χ4n) is 8.35. The van der Waals surface area contributed by atoms with Crippen LogP contribution >= 0.6 is 0 Å². The Balaban J connectivity index is 1.36. The van der Waals surface area contributed by atoms with Crippen molar-refractivity contribution in [1.29, 1.82) is 0 Å². The topological polar surface area (TPSA) is 168 Å². The third kappa shape index (κ3) is 5.48. The number of halogens is 3. The van der Waals surface area contributed by atoms with Crippen LogP contribution in [0.2, 0.25) is 0 Å². The summed E-state index contributed by atoms with van der Waals surface area (Å²) < 4.78 is 39.5. The monoisotopic (exact) mass is 657 g/mol. The van der Waals surface area contributed by atoms with Crippen LogP contribution in [0.25, 0.3) is 11.1 Å². The van der Waals surface area contributed by atoms with Crippen molar-refractivity contribution >= 4 is 11.7 Å². The molecular weight excluding hydrogens is 619 g/mol. The number of carbonyl (C=O) groups is 2. The van der Waals surface area contributed by atoms with Gasteiger partial charge in [0.15, 0.2) is 5.78 Å². The van der Waals surface area contributed by atoms with Gasteiger partial charge in [0, 0.05) is 12.1 Å². The smallest absolute Gasteiger partial charge is 0.391 e. The fourth-order valence-corrected chi connectivity index (χ4v) is 8.35. The van der Waals surface area contributed by atoms with Crippen LogP contribution in [0, 0.1) is 23.7 Å². The molecule has 0 bridgehead atoms. The first kappa shape index (κ1) is 33.0. The number of fused-ring (bicyclic) bond motifs is 3. The number of carbonyl (C=O) groups excluding carboxylic acids is 2. The van der Waals surface area contributed by atoms with Crippen LogP contribution in [0.5, 0.6) is 5.75 Å². The van der Waals surface area contributed by atoms with E-state index in [1.165, 1.54) is 6.07 Å². The lowest BCUT2D eigenvalue weighted by Crippen LogP contribution is -2.60. The number of ketones is 1. The van der Waals surface area contributed by atoms with Gasteiger partial charge in [-0.05, 0) is 99.1 Å². The molecule has 7 N–H and O–H groups in total. The summed E-state index contributed by atoms with van der Waals surface area (Å²) >= 11 is 0. The predicted octanol–water partition coefficient (Wildman–Crippen LogP) is 3.56. The third-order valence-corrected chi connectivity index (χ3v) is 10.4. The summed E-state index contributed by atoms with van der Waals surface area (Å²) in [5.74, 6) is -10.9. The number of rotatable bonds is 5. The molecule has 47 heavy (non-hydrogen) atoms. The number of nitrogens with two attached hydrogens (primary N) is 1. The van der Waals surface area contributed by atoms with Crippen molar-refractivity contribution in [3.63, 3.8) is 0 Å². The van der Waals surface area contributed by atoms with Crippen molar-refractivity contribution in [3.8, 4) is 16.9 Å². The predicted molar refractivity (Wildman–Crippen MR) is 164 cm³/mol. The van der Waals surface area contributed by atoms with Gasteiger partial charge in [0.1, 0.15) is 22.8 Å². The van der Waals surface area contributed by atoms with Crippen LogP contribution in [-0.2, 0) is 17.8 Å². The number of likely N-dealkylation sites (tertiary alicyclic amines) is 1. The number of allylic oxidation sites excluding steroid dienone is 1. The molecule has 0 saturated carbocycles. The van der Waals surface area contributed by atoms with E-state index in [1.54, 1.807) is 25.1 Å². The van der Waals surface area contributed by atoms with E-state index in [0.717, 1.165) is 11.1 Å².